The van der Waals surface area contributed by atoms with Gasteiger partial charge < -0.3 is 0 Å². The van der Waals surface area contributed by atoms with Crippen molar-refractivity contribution in [3.63, 3.8) is 0 Å². The minimum atomic E-state index is 0.279. The molecule has 2 aromatic heterocycles. The van der Waals surface area contributed by atoms with Crippen LogP contribution in [0.3, 0.4) is 0 Å². The number of nitrogens with zero attached hydrogens (tertiary/aromatic N) is 3. The van der Waals surface area contributed by atoms with Gasteiger partial charge in [0.05, 0.1) is 7.57 Å². The highest BCUT2D eigenvalue weighted by Crippen LogP contribution is 2.15. The molecule has 12 heavy (non-hydrogen) atoms. The minimum Gasteiger partial charge on any atom is -0.275 e. The molecule has 2 heterocycles. The number of aryl methyl sites for hydroxylation is 1. The van der Waals surface area contributed by atoms with Gasteiger partial charge in [-0.15, -0.1) is 0 Å². The van der Waals surface area contributed by atoms with Crippen LogP contribution in [0.5, 0.6) is 0 Å². The van der Waals surface area contributed by atoms with Crippen molar-refractivity contribution < 1.29 is 1.37 Å². The Morgan fingerprint density at radius 1 is 1.42 bits per heavy atom. The molecular weight excluding hydrogens is 150 g/mol. The van der Waals surface area contributed by atoms with Crippen LogP contribution >= 0.6 is 0 Å². The molecular formula is C9H9N3. The molecule has 0 fully saturated rings. The molecule has 3 heteroatoms. The molecule has 0 amide bonds. The van der Waals surface area contributed by atoms with E-state index in [0.717, 1.165) is 11.1 Å². The standard InChI is InChI=1S/C9H9N3/c1-12-7-9(6-11-12)8-2-4-10-5-3-8/h2-7H,1H3/i4D. The van der Waals surface area contributed by atoms with Gasteiger partial charge in [-0.1, -0.05) is 0 Å². The van der Waals surface area contributed by atoms with Gasteiger partial charge in [-0.3, -0.25) is 9.67 Å². The van der Waals surface area contributed by atoms with Gasteiger partial charge in [-0.25, -0.2) is 0 Å². The van der Waals surface area contributed by atoms with Gasteiger partial charge in [0.1, 0.15) is 0 Å². The fourth-order valence-electron chi connectivity index (χ4n) is 1.07. The molecule has 0 saturated heterocycles. The maximum Gasteiger partial charge on any atom is 0.0840 e. The lowest BCUT2D eigenvalue weighted by Crippen LogP contribution is -1.84. The van der Waals surface area contributed by atoms with E-state index in [4.69, 9.17) is 1.37 Å². The van der Waals surface area contributed by atoms with E-state index in [1.54, 1.807) is 23.1 Å². The Labute approximate surface area is 72.1 Å². The lowest BCUT2D eigenvalue weighted by Gasteiger charge is -1.92. The van der Waals surface area contributed by atoms with Crippen LogP contribution in [0, 0.1) is 0 Å². The lowest BCUT2D eigenvalue weighted by atomic mass is 10.2. The Morgan fingerprint density at radius 2 is 2.33 bits per heavy atom. The first-order valence-corrected chi connectivity index (χ1v) is 3.67. The van der Waals surface area contributed by atoms with Crippen molar-refractivity contribution in [2.45, 2.75) is 0 Å². The van der Waals surface area contributed by atoms with Gasteiger partial charge in [0, 0.05) is 31.2 Å². The molecule has 0 atom stereocenters. The zero-order chi connectivity index (χ0) is 9.26. The predicted octanol–water partition coefficient (Wildman–Crippen LogP) is 1.48. The number of hydrogen-bond acceptors (Lipinski definition) is 2. The topological polar surface area (TPSA) is 30.7 Å². The first-order valence-electron chi connectivity index (χ1n) is 4.17. The molecule has 3 nitrogen and oxygen atoms in total. The Morgan fingerprint density at radius 3 is 3.00 bits per heavy atom. The van der Waals surface area contributed by atoms with E-state index in [2.05, 4.69) is 10.1 Å². The normalized spacial score (nSPS) is 11.2. The van der Waals surface area contributed by atoms with Crippen molar-refractivity contribution in [3.8, 4) is 11.1 Å². The van der Waals surface area contributed by atoms with E-state index in [1.807, 2.05) is 19.3 Å². The van der Waals surface area contributed by atoms with Crippen molar-refractivity contribution in [2.75, 3.05) is 0 Å². The van der Waals surface area contributed by atoms with Crippen LogP contribution in [-0.2, 0) is 7.05 Å². The van der Waals surface area contributed by atoms with Crippen molar-refractivity contribution in [1.29, 1.82) is 0 Å². The Kier molecular flexibility index (Phi) is 1.37. The first-order chi connectivity index (χ1) is 6.25. The molecule has 0 aromatic carbocycles. The van der Waals surface area contributed by atoms with E-state index < -0.39 is 0 Å². The van der Waals surface area contributed by atoms with E-state index in [0.29, 0.717) is 0 Å². The van der Waals surface area contributed by atoms with Gasteiger partial charge in [0.15, 0.2) is 0 Å². The van der Waals surface area contributed by atoms with Crippen LogP contribution in [0.15, 0.2) is 36.9 Å². The summed E-state index contributed by atoms with van der Waals surface area (Å²) in [4.78, 5) is 3.81. The molecule has 0 N–H and O–H groups in total. The van der Waals surface area contributed by atoms with E-state index >= 15 is 0 Å². The fraction of sp³-hybridized carbons (Fsp3) is 0.111. The first kappa shape index (κ1) is 5.94. The number of hydrogen-bond donors (Lipinski definition) is 0. The third kappa shape index (κ3) is 1.21. The van der Waals surface area contributed by atoms with E-state index in [1.165, 1.54) is 0 Å². The van der Waals surface area contributed by atoms with Crippen LogP contribution < -0.4 is 0 Å². The maximum absolute atomic E-state index is 7.35. The molecule has 0 radical (unpaired) electrons. The average molecular weight is 160 g/mol. The van der Waals surface area contributed by atoms with Crippen LogP contribution in [0.25, 0.3) is 11.1 Å². The molecule has 60 valence electrons. The van der Waals surface area contributed by atoms with Crippen LogP contribution in [0.2, 0.25) is 0 Å². The highest BCUT2D eigenvalue weighted by molar-refractivity contribution is 5.60. The van der Waals surface area contributed by atoms with Gasteiger partial charge >= 0.3 is 0 Å². The molecule has 0 aliphatic heterocycles. The molecule has 0 aliphatic rings. The van der Waals surface area contributed by atoms with Crippen LogP contribution in [-0.4, -0.2) is 14.8 Å². The van der Waals surface area contributed by atoms with Gasteiger partial charge in [0.25, 0.3) is 0 Å². The number of aromatic nitrogens is 3. The quantitative estimate of drug-likeness (QED) is 0.632. The van der Waals surface area contributed by atoms with Gasteiger partial charge in [-0.2, -0.15) is 5.10 Å². The highest BCUT2D eigenvalue weighted by Gasteiger charge is 1.97. The summed E-state index contributed by atoms with van der Waals surface area (Å²) in [7, 11) is 1.87. The van der Waals surface area contributed by atoms with Crippen molar-refractivity contribution in [2.24, 2.45) is 7.05 Å². The smallest absolute Gasteiger partial charge is 0.0840 e. The van der Waals surface area contributed by atoms with Crippen molar-refractivity contribution in [3.05, 3.63) is 36.9 Å². The van der Waals surface area contributed by atoms with E-state index in [-0.39, 0.29) is 6.17 Å². The van der Waals surface area contributed by atoms with E-state index in [9.17, 15) is 0 Å². The summed E-state index contributed by atoms with van der Waals surface area (Å²) in [5.41, 5.74) is 1.99. The Hall–Kier alpha value is -1.64. The Bertz CT molecular complexity index is 422. The second kappa shape index (κ2) is 2.77. The van der Waals surface area contributed by atoms with Crippen LogP contribution in [0.4, 0.5) is 0 Å². The van der Waals surface area contributed by atoms with Crippen molar-refractivity contribution in [1.82, 2.24) is 14.8 Å². The summed E-state index contributed by atoms with van der Waals surface area (Å²) in [6.45, 7) is 0. The molecule has 0 saturated carbocycles. The summed E-state index contributed by atoms with van der Waals surface area (Å²) in [6.07, 6.45) is 5.59. The summed E-state index contributed by atoms with van der Waals surface area (Å²) in [6, 6.07) is 3.59. The number of pyridine rings is 1. The molecule has 2 rings (SSSR count). The second-order valence-corrected chi connectivity index (χ2v) is 2.58. The second-order valence-electron chi connectivity index (χ2n) is 2.58. The third-order valence-corrected chi connectivity index (χ3v) is 1.66. The average Bonchev–Trinajstić information content (AvgIpc) is 2.52. The zero-order valence-corrected chi connectivity index (χ0v) is 6.73. The van der Waals surface area contributed by atoms with Gasteiger partial charge in [0.2, 0.25) is 0 Å². The largest absolute Gasteiger partial charge is 0.275 e. The molecule has 0 bridgehead atoms. The molecule has 0 unspecified atom stereocenters. The summed E-state index contributed by atoms with van der Waals surface area (Å²) < 4.78 is 9.09. The SMILES string of the molecule is [2H]c1cc(-c2cnn(C)c2)ccn1. The zero-order valence-electron chi connectivity index (χ0n) is 7.73. The van der Waals surface area contributed by atoms with Gasteiger partial charge in [-0.05, 0) is 17.7 Å². The maximum atomic E-state index is 7.35. The highest BCUT2D eigenvalue weighted by atomic mass is 15.2. The fourth-order valence-corrected chi connectivity index (χ4v) is 1.07. The molecule has 0 aliphatic carbocycles. The minimum absolute atomic E-state index is 0.279. The summed E-state index contributed by atoms with van der Waals surface area (Å²) in [5, 5.41) is 4.06. The van der Waals surface area contributed by atoms with Crippen LogP contribution in [0.1, 0.15) is 1.37 Å². The summed E-state index contributed by atoms with van der Waals surface area (Å²) >= 11 is 0. The molecule has 2 aromatic rings. The third-order valence-electron chi connectivity index (χ3n) is 1.66. The number of rotatable bonds is 1. The lowest BCUT2D eigenvalue weighted by molar-refractivity contribution is 0.768. The molecule has 0 spiro atoms. The summed E-state index contributed by atoms with van der Waals surface area (Å²) in [5.74, 6) is 0. The van der Waals surface area contributed by atoms with Crippen molar-refractivity contribution >= 4 is 0 Å². The predicted molar refractivity (Wildman–Crippen MR) is 46.4 cm³/mol. The monoisotopic (exact) mass is 160 g/mol. The Balaban J connectivity index is 2.46.